The van der Waals surface area contributed by atoms with Crippen LogP contribution in [-0.4, -0.2) is 23.3 Å². The van der Waals surface area contributed by atoms with Gasteiger partial charge in [-0.25, -0.2) is 9.78 Å². The molecule has 1 heterocycles. The zero-order valence-corrected chi connectivity index (χ0v) is 21.3. The smallest absolute Gasteiger partial charge is 0.339 e. The van der Waals surface area contributed by atoms with Crippen molar-refractivity contribution in [3.05, 3.63) is 101 Å². The third kappa shape index (κ3) is 6.25. The van der Waals surface area contributed by atoms with Crippen molar-refractivity contribution in [2.75, 3.05) is 6.61 Å². The number of carbonyl (C=O) groups excluding carboxylic acids is 2. The van der Waals surface area contributed by atoms with Gasteiger partial charge in [-0.05, 0) is 50.5 Å². The minimum atomic E-state index is -0.526. The van der Waals surface area contributed by atoms with Gasteiger partial charge < -0.3 is 4.74 Å². The van der Waals surface area contributed by atoms with E-state index in [0.717, 1.165) is 34.0 Å². The molecule has 0 aliphatic rings. The van der Waals surface area contributed by atoms with Crippen LogP contribution in [0, 0.1) is 13.8 Å². The highest BCUT2D eigenvalue weighted by atomic mass is 16.5. The quantitative estimate of drug-likeness (QED) is 0.133. The number of aryl methyl sites for hydroxylation is 3. The molecule has 0 saturated carbocycles. The molecule has 0 radical (unpaired) electrons. The lowest BCUT2D eigenvalue weighted by molar-refractivity contribution is 0.0476. The number of nitrogens with zero attached hydrogens (tertiary/aromatic N) is 1. The number of carbonyl (C=O) groups is 2. The highest BCUT2D eigenvalue weighted by Crippen LogP contribution is 2.27. The predicted octanol–water partition coefficient (Wildman–Crippen LogP) is 7.68. The molecular weight excluding hydrogens is 446 g/mol. The van der Waals surface area contributed by atoms with Gasteiger partial charge in [0.05, 0.1) is 16.8 Å². The number of ketones is 1. The molecule has 0 spiro atoms. The number of ether oxygens (including phenoxy) is 1. The van der Waals surface area contributed by atoms with E-state index >= 15 is 0 Å². The highest BCUT2D eigenvalue weighted by Gasteiger charge is 2.17. The molecule has 4 nitrogen and oxygen atoms in total. The van der Waals surface area contributed by atoms with Crippen molar-refractivity contribution in [3.63, 3.8) is 0 Å². The van der Waals surface area contributed by atoms with Crippen LogP contribution >= 0.6 is 0 Å². The molecule has 0 N–H and O–H groups in total. The van der Waals surface area contributed by atoms with Gasteiger partial charge in [-0.15, -0.1) is 0 Å². The maximum atomic E-state index is 13.2. The van der Waals surface area contributed by atoms with E-state index in [4.69, 9.17) is 9.72 Å². The highest BCUT2D eigenvalue weighted by molar-refractivity contribution is 6.06. The summed E-state index contributed by atoms with van der Waals surface area (Å²) in [5.74, 6) is -0.755. The second kappa shape index (κ2) is 11.8. The molecule has 0 amide bonds. The first-order chi connectivity index (χ1) is 17.4. The predicted molar refractivity (Wildman–Crippen MR) is 146 cm³/mol. The molecule has 4 rings (SSSR count). The summed E-state index contributed by atoms with van der Waals surface area (Å²) in [7, 11) is 0. The van der Waals surface area contributed by atoms with Crippen LogP contribution in [0.1, 0.15) is 70.0 Å². The third-order valence-electron chi connectivity index (χ3n) is 6.46. The molecule has 3 aromatic carbocycles. The molecule has 0 bridgehead atoms. The fourth-order valence-electron chi connectivity index (χ4n) is 4.29. The standard InChI is InChI=1S/C32H33NO3/c1-4-5-6-7-8-24-12-16-25(17-13-24)30-20-28(27-19-23(3)11-18-29(27)33-30)32(35)36-21-31(34)26-14-9-22(2)10-15-26/h9-20H,4-8,21H2,1-3H3. The van der Waals surface area contributed by atoms with E-state index < -0.39 is 5.97 Å². The number of hydrogen-bond acceptors (Lipinski definition) is 4. The van der Waals surface area contributed by atoms with Crippen LogP contribution in [0.5, 0.6) is 0 Å². The Kier molecular flexibility index (Phi) is 8.27. The molecule has 4 heteroatoms. The van der Waals surface area contributed by atoms with E-state index in [-0.39, 0.29) is 12.4 Å². The maximum Gasteiger partial charge on any atom is 0.339 e. The van der Waals surface area contributed by atoms with Crippen LogP contribution in [0.2, 0.25) is 0 Å². The molecule has 0 saturated heterocycles. The normalized spacial score (nSPS) is 11.0. The SMILES string of the molecule is CCCCCCc1ccc(-c2cc(C(=O)OCC(=O)c3ccc(C)cc3)c3cc(C)ccc3n2)cc1. The van der Waals surface area contributed by atoms with Crippen LogP contribution in [0.25, 0.3) is 22.2 Å². The van der Waals surface area contributed by atoms with E-state index in [1.165, 1.54) is 31.2 Å². The van der Waals surface area contributed by atoms with E-state index in [0.29, 0.717) is 16.8 Å². The molecule has 0 aliphatic carbocycles. The summed E-state index contributed by atoms with van der Waals surface area (Å²) in [6, 6.07) is 23.3. The first-order valence-corrected chi connectivity index (χ1v) is 12.7. The number of fused-ring (bicyclic) bond motifs is 1. The summed E-state index contributed by atoms with van der Waals surface area (Å²) in [5.41, 5.74) is 6.71. The third-order valence-corrected chi connectivity index (χ3v) is 6.46. The van der Waals surface area contributed by atoms with Crippen LogP contribution in [0.15, 0.2) is 72.8 Å². The number of rotatable bonds is 10. The van der Waals surface area contributed by atoms with Crippen molar-refractivity contribution in [2.45, 2.75) is 52.9 Å². The second-order valence-electron chi connectivity index (χ2n) is 9.45. The van der Waals surface area contributed by atoms with Gasteiger partial charge in [0.15, 0.2) is 12.4 Å². The number of hydrogen-bond donors (Lipinski definition) is 0. The molecule has 184 valence electrons. The van der Waals surface area contributed by atoms with Crippen molar-refractivity contribution < 1.29 is 14.3 Å². The Morgan fingerprint density at radius 1 is 0.806 bits per heavy atom. The van der Waals surface area contributed by atoms with Gasteiger partial charge in [-0.2, -0.15) is 0 Å². The first kappa shape index (κ1) is 25.3. The lowest BCUT2D eigenvalue weighted by Crippen LogP contribution is -2.15. The molecule has 0 atom stereocenters. The molecule has 0 unspecified atom stereocenters. The topological polar surface area (TPSA) is 56.3 Å². The summed E-state index contributed by atoms with van der Waals surface area (Å²) in [6.45, 7) is 5.85. The van der Waals surface area contributed by atoms with Crippen molar-refractivity contribution in [2.24, 2.45) is 0 Å². The van der Waals surface area contributed by atoms with Gasteiger partial charge in [-0.3, -0.25) is 4.79 Å². The lowest BCUT2D eigenvalue weighted by Gasteiger charge is -2.11. The Hall–Kier alpha value is -3.79. The molecule has 1 aromatic heterocycles. The zero-order chi connectivity index (χ0) is 25.5. The van der Waals surface area contributed by atoms with E-state index in [2.05, 4.69) is 31.2 Å². The summed E-state index contributed by atoms with van der Waals surface area (Å²) in [4.78, 5) is 30.5. The Balaban J connectivity index is 1.57. The van der Waals surface area contributed by atoms with Gasteiger partial charge in [0.25, 0.3) is 0 Å². The van der Waals surface area contributed by atoms with Crippen molar-refractivity contribution >= 4 is 22.7 Å². The monoisotopic (exact) mass is 479 g/mol. The summed E-state index contributed by atoms with van der Waals surface area (Å²) >= 11 is 0. The Bertz CT molecular complexity index is 1360. The largest absolute Gasteiger partial charge is 0.454 e. The zero-order valence-electron chi connectivity index (χ0n) is 21.3. The van der Waals surface area contributed by atoms with Crippen LogP contribution in [-0.2, 0) is 11.2 Å². The van der Waals surface area contributed by atoms with Crippen molar-refractivity contribution in [3.8, 4) is 11.3 Å². The minimum absolute atomic E-state index is 0.229. The average Bonchev–Trinajstić information content (AvgIpc) is 2.89. The second-order valence-corrected chi connectivity index (χ2v) is 9.45. The molecule has 36 heavy (non-hydrogen) atoms. The Morgan fingerprint density at radius 3 is 2.25 bits per heavy atom. The number of pyridine rings is 1. The fraction of sp³-hybridized carbons (Fsp3) is 0.281. The molecule has 4 aromatic rings. The summed E-state index contributed by atoms with van der Waals surface area (Å²) in [6.07, 6.45) is 6.02. The van der Waals surface area contributed by atoms with Crippen molar-refractivity contribution in [1.82, 2.24) is 4.98 Å². The first-order valence-electron chi connectivity index (χ1n) is 12.7. The van der Waals surface area contributed by atoms with Crippen molar-refractivity contribution in [1.29, 1.82) is 0 Å². The number of benzene rings is 3. The van der Waals surface area contributed by atoms with E-state index in [1.807, 2.05) is 44.2 Å². The molecule has 0 fully saturated rings. The number of unbranched alkanes of at least 4 members (excludes halogenated alkanes) is 3. The van der Waals surface area contributed by atoms with E-state index in [9.17, 15) is 9.59 Å². The number of aromatic nitrogens is 1. The lowest BCUT2D eigenvalue weighted by atomic mass is 10.0. The Labute approximate surface area is 213 Å². The summed E-state index contributed by atoms with van der Waals surface area (Å²) < 4.78 is 5.48. The maximum absolute atomic E-state index is 13.2. The Morgan fingerprint density at radius 2 is 1.53 bits per heavy atom. The fourth-order valence-corrected chi connectivity index (χ4v) is 4.29. The average molecular weight is 480 g/mol. The molecule has 0 aliphatic heterocycles. The van der Waals surface area contributed by atoms with Crippen LogP contribution in [0.3, 0.4) is 0 Å². The van der Waals surface area contributed by atoms with Crippen LogP contribution < -0.4 is 0 Å². The van der Waals surface area contributed by atoms with Gasteiger partial charge in [-0.1, -0.05) is 91.9 Å². The van der Waals surface area contributed by atoms with Gasteiger partial charge in [0, 0.05) is 16.5 Å². The summed E-state index contributed by atoms with van der Waals surface area (Å²) in [5, 5.41) is 0.721. The number of esters is 1. The van der Waals surface area contributed by atoms with Gasteiger partial charge in [0.2, 0.25) is 0 Å². The van der Waals surface area contributed by atoms with E-state index in [1.54, 1.807) is 18.2 Å². The van der Waals surface area contributed by atoms with Crippen LogP contribution in [0.4, 0.5) is 0 Å². The molecular formula is C32H33NO3. The van der Waals surface area contributed by atoms with Gasteiger partial charge in [0.1, 0.15) is 0 Å². The minimum Gasteiger partial charge on any atom is -0.454 e. The van der Waals surface area contributed by atoms with Gasteiger partial charge >= 0.3 is 5.97 Å². The number of Topliss-reactive ketones (excluding diaryl/α,β-unsaturated/α-hetero) is 1.